The van der Waals surface area contributed by atoms with Crippen molar-refractivity contribution in [1.29, 1.82) is 0 Å². The third kappa shape index (κ3) is 5.18. The summed E-state index contributed by atoms with van der Waals surface area (Å²) in [7, 11) is -3.81. The van der Waals surface area contributed by atoms with Crippen LogP contribution in [0, 0.1) is 5.82 Å². The lowest BCUT2D eigenvalue weighted by molar-refractivity contribution is -0.128. The van der Waals surface area contributed by atoms with Crippen molar-refractivity contribution < 1.29 is 22.8 Å². The summed E-state index contributed by atoms with van der Waals surface area (Å²) in [6.45, 7) is -0.202. The van der Waals surface area contributed by atoms with Crippen LogP contribution in [0.4, 0.5) is 4.39 Å². The van der Waals surface area contributed by atoms with E-state index in [1.165, 1.54) is 17.2 Å². The number of nitrogens with zero attached hydrogens (tertiary/aromatic N) is 1. The Morgan fingerprint density at radius 2 is 1.96 bits per heavy atom. The van der Waals surface area contributed by atoms with Crippen molar-refractivity contribution in [2.75, 3.05) is 12.5 Å². The van der Waals surface area contributed by atoms with Crippen molar-refractivity contribution in [3.63, 3.8) is 0 Å². The summed E-state index contributed by atoms with van der Waals surface area (Å²) in [4.78, 5) is 24.8. The van der Waals surface area contributed by atoms with Gasteiger partial charge in [0.2, 0.25) is 0 Å². The van der Waals surface area contributed by atoms with Crippen molar-refractivity contribution in [3.05, 3.63) is 52.7 Å². The molecule has 0 saturated heterocycles. The molecule has 2 rings (SSSR count). The van der Waals surface area contributed by atoms with Gasteiger partial charge in [-0.15, -0.1) is 11.8 Å². The van der Waals surface area contributed by atoms with Crippen LogP contribution in [0.5, 0.6) is 0 Å². The molecule has 2 aromatic rings. The van der Waals surface area contributed by atoms with E-state index in [4.69, 9.17) is 5.21 Å². The van der Waals surface area contributed by atoms with Crippen LogP contribution in [0.15, 0.2) is 46.2 Å². The van der Waals surface area contributed by atoms with Gasteiger partial charge in [-0.05, 0) is 30.4 Å². The Hall–Kier alpha value is -2.17. The topological polar surface area (TPSA) is 105 Å². The van der Waals surface area contributed by atoms with E-state index in [1.807, 2.05) is 18.4 Å². The zero-order valence-electron chi connectivity index (χ0n) is 14.7. The predicted octanol–water partition coefficient (Wildman–Crippen LogP) is 1.69. The van der Waals surface area contributed by atoms with Crippen LogP contribution in [0.3, 0.4) is 0 Å². The smallest absolute Gasteiger partial charge is 0.261 e. The van der Waals surface area contributed by atoms with Crippen LogP contribution in [-0.4, -0.2) is 41.9 Å². The number of sulfone groups is 1. The Balaban J connectivity index is 2.28. The van der Waals surface area contributed by atoms with Crippen LogP contribution >= 0.6 is 11.8 Å². The number of hydroxylamine groups is 1. The Morgan fingerprint density at radius 3 is 2.48 bits per heavy atom. The van der Waals surface area contributed by atoms with Crippen LogP contribution in [0.2, 0.25) is 0 Å². The van der Waals surface area contributed by atoms with Gasteiger partial charge < -0.3 is 4.57 Å². The van der Waals surface area contributed by atoms with Gasteiger partial charge in [-0.3, -0.25) is 14.8 Å². The number of rotatable bonds is 7. The minimum absolute atomic E-state index is 0.136. The first-order valence-corrected chi connectivity index (χ1v) is 11.0. The minimum Gasteiger partial charge on any atom is -0.312 e. The molecule has 146 valence electrons. The lowest BCUT2D eigenvalue weighted by atomic mass is 10.1. The fourth-order valence-electron chi connectivity index (χ4n) is 2.58. The summed E-state index contributed by atoms with van der Waals surface area (Å²) < 4.78 is 38.8. The average Bonchev–Trinajstić information content (AvgIpc) is 2.63. The summed E-state index contributed by atoms with van der Waals surface area (Å²) in [6, 6.07) is 8.17. The van der Waals surface area contributed by atoms with E-state index in [0.29, 0.717) is 5.56 Å². The van der Waals surface area contributed by atoms with Crippen LogP contribution in [0.25, 0.3) is 11.1 Å². The van der Waals surface area contributed by atoms with Gasteiger partial charge in [0, 0.05) is 35.5 Å². The lowest BCUT2D eigenvalue weighted by Crippen LogP contribution is -2.39. The van der Waals surface area contributed by atoms with Crippen molar-refractivity contribution in [3.8, 4) is 11.1 Å². The second-order valence-electron chi connectivity index (χ2n) is 5.88. The molecular weight excluding hydrogens is 395 g/mol. The van der Waals surface area contributed by atoms with Crippen LogP contribution in [-0.2, 0) is 21.2 Å². The summed E-state index contributed by atoms with van der Waals surface area (Å²) in [6.07, 6.45) is 3.46. The number of halogens is 1. The van der Waals surface area contributed by atoms with Crippen molar-refractivity contribution in [2.45, 2.75) is 23.1 Å². The molecular formula is C17H19FN2O5S2. The monoisotopic (exact) mass is 414 g/mol. The molecule has 0 aliphatic rings. The van der Waals surface area contributed by atoms with E-state index in [0.717, 1.165) is 28.0 Å². The normalized spacial score (nSPS) is 12.6. The maximum atomic E-state index is 14.5. The summed E-state index contributed by atoms with van der Waals surface area (Å²) in [5, 5.41) is 7.13. The number of benzene rings is 1. The number of carbonyl (C=O) groups is 1. The number of amides is 1. The first kappa shape index (κ1) is 21.1. The molecule has 1 amide bonds. The number of hydrogen-bond acceptors (Lipinski definition) is 6. The molecule has 1 aromatic heterocycles. The standard InChI is InChI=1S/C17H19FN2O5S2/c1-26-12-5-3-11(4-6-12)13-9-16(21)20(10-14(13)18)8-7-15(17(22)19-23)27(2,24)25/h3-6,9-10,15,23H,7-8H2,1-2H3,(H,19,22)/t15-/m1/s1. The minimum atomic E-state index is -3.81. The first-order valence-electron chi connectivity index (χ1n) is 7.84. The third-order valence-corrected chi connectivity index (χ3v) is 6.26. The second kappa shape index (κ2) is 8.68. The van der Waals surface area contributed by atoms with E-state index >= 15 is 0 Å². The second-order valence-corrected chi connectivity index (χ2v) is 8.99. The highest BCUT2D eigenvalue weighted by Crippen LogP contribution is 2.24. The SMILES string of the molecule is CSc1ccc(-c2cc(=O)n(CC[C@H](C(=O)NO)S(C)(=O)=O)cc2F)cc1. The highest BCUT2D eigenvalue weighted by atomic mass is 32.2. The predicted molar refractivity (Wildman–Crippen MR) is 101 cm³/mol. The molecule has 1 atom stereocenters. The fourth-order valence-corrected chi connectivity index (χ4v) is 3.96. The van der Waals surface area contributed by atoms with Crippen LogP contribution < -0.4 is 11.0 Å². The van der Waals surface area contributed by atoms with Gasteiger partial charge in [-0.1, -0.05) is 12.1 Å². The number of aromatic nitrogens is 1. The van der Waals surface area contributed by atoms with Crippen LogP contribution in [0.1, 0.15) is 6.42 Å². The molecule has 0 spiro atoms. The summed E-state index contributed by atoms with van der Waals surface area (Å²) in [5.74, 6) is -1.74. The third-order valence-electron chi connectivity index (χ3n) is 4.03. The van der Waals surface area contributed by atoms with Gasteiger partial charge in [-0.2, -0.15) is 0 Å². The highest BCUT2D eigenvalue weighted by Gasteiger charge is 2.28. The number of aryl methyl sites for hydroxylation is 1. The zero-order valence-corrected chi connectivity index (χ0v) is 16.3. The average molecular weight is 414 g/mol. The summed E-state index contributed by atoms with van der Waals surface area (Å²) >= 11 is 1.54. The number of pyridine rings is 1. The lowest BCUT2D eigenvalue weighted by Gasteiger charge is -2.14. The van der Waals surface area contributed by atoms with Gasteiger partial charge in [0.05, 0.1) is 0 Å². The number of hydrogen-bond donors (Lipinski definition) is 2. The molecule has 2 N–H and O–H groups in total. The van der Waals surface area contributed by atoms with Gasteiger partial charge in [0.15, 0.2) is 9.84 Å². The molecule has 1 heterocycles. The van der Waals surface area contributed by atoms with Crippen molar-refractivity contribution in [1.82, 2.24) is 10.0 Å². The number of carbonyl (C=O) groups excluding carboxylic acids is 1. The Bertz CT molecular complexity index is 987. The van der Waals surface area contributed by atoms with E-state index in [9.17, 15) is 22.4 Å². The van der Waals surface area contributed by atoms with Crippen molar-refractivity contribution in [2.24, 2.45) is 0 Å². The van der Waals surface area contributed by atoms with Crippen molar-refractivity contribution >= 4 is 27.5 Å². The molecule has 0 unspecified atom stereocenters. The number of thioether (sulfide) groups is 1. The molecule has 27 heavy (non-hydrogen) atoms. The van der Waals surface area contributed by atoms with Gasteiger partial charge in [-0.25, -0.2) is 18.3 Å². The molecule has 1 aromatic carbocycles. The molecule has 10 heteroatoms. The molecule has 0 saturated carbocycles. The summed E-state index contributed by atoms with van der Waals surface area (Å²) in [5.41, 5.74) is 1.44. The van der Waals surface area contributed by atoms with E-state index in [1.54, 1.807) is 12.1 Å². The molecule has 0 aliphatic carbocycles. The van der Waals surface area contributed by atoms with Gasteiger partial charge >= 0.3 is 0 Å². The Kier molecular flexibility index (Phi) is 6.79. The largest absolute Gasteiger partial charge is 0.312 e. The Morgan fingerprint density at radius 1 is 1.33 bits per heavy atom. The van der Waals surface area contributed by atoms with E-state index < -0.39 is 32.4 Å². The fraction of sp³-hybridized carbons (Fsp3) is 0.294. The quantitative estimate of drug-likeness (QED) is 0.406. The maximum Gasteiger partial charge on any atom is 0.261 e. The molecule has 0 aliphatic heterocycles. The molecule has 7 nitrogen and oxygen atoms in total. The van der Waals surface area contributed by atoms with E-state index in [2.05, 4.69) is 0 Å². The molecule has 0 fully saturated rings. The molecule has 0 radical (unpaired) electrons. The first-order chi connectivity index (χ1) is 12.7. The Labute approximate surface area is 160 Å². The zero-order chi connectivity index (χ0) is 20.2. The van der Waals surface area contributed by atoms with E-state index in [-0.39, 0.29) is 18.5 Å². The highest BCUT2D eigenvalue weighted by molar-refractivity contribution is 7.98. The van der Waals surface area contributed by atoms with Gasteiger partial charge in [0.25, 0.3) is 11.5 Å². The maximum absolute atomic E-state index is 14.5. The van der Waals surface area contributed by atoms with Gasteiger partial charge in [0.1, 0.15) is 11.1 Å². The molecule has 0 bridgehead atoms. The number of nitrogens with one attached hydrogen (secondary N) is 1.